The van der Waals surface area contributed by atoms with Gasteiger partial charge in [0.25, 0.3) is 0 Å². The normalized spacial score (nSPS) is 12.7. The van der Waals surface area contributed by atoms with Gasteiger partial charge in [0, 0.05) is 25.5 Å². The minimum atomic E-state index is -0.0894. The third-order valence-corrected chi connectivity index (χ3v) is 11.0. The Balaban J connectivity index is 0.00000420. The molecule has 1 radical (unpaired) electrons. The van der Waals surface area contributed by atoms with E-state index in [9.17, 15) is 0 Å². The first kappa shape index (κ1) is 35.8. The van der Waals surface area contributed by atoms with Crippen LogP contribution in [-0.2, 0) is 31.9 Å². The molecule has 0 N–H and O–H groups in total. The second-order valence-electron chi connectivity index (χ2n) is 14.8. The summed E-state index contributed by atoms with van der Waals surface area (Å²) in [5, 5.41) is 1.16. The SMILES string of the molecule is CCCCCCCCc1cccc(-c2ccc3nc(-c4[c-]cc5c(c4)C(C)(C)c4ccccc4-5)cc(-c4ccccc4-c4ccccc4)c3c2)c1.[Ir]. The number of unbranched alkanes of at least 4 members (excludes halogenated alkanes) is 5. The van der Waals surface area contributed by atoms with Crippen molar-refractivity contribution in [2.45, 2.75) is 71.1 Å². The summed E-state index contributed by atoms with van der Waals surface area (Å²) < 4.78 is 0. The second-order valence-corrected chi connectivity index (χ2v) is 14.8. The first-order chi connectivity index (χ1) is 25.0. The molecule has 1 heterocycles. The summed E-state index contributed by atoms with van der Waals surface area (Å²) in [7, 11) is 0. The van der Waals surface area contributed by atoms with Crippen molar-refractivity contribution >= 4 is 10.9 Å². The average molecular weight is 853 g/mol. The number of aromatic nitrogens is 1. The third kappa shape index (κ3) is 6.95. The van der Waals surface area contributed by atoms with E-state index >= 15 is 0 Å². The smallest absolute Gasteiger partial charge is 0.0602 e. The van der Waals surface area contributed by atoms with Gasteiger partial charge in [0.05, 0.1) is 5.52 Å². The summed E-state index contributed by atoms with van der Waals surface area (Å²) >= 11 is 0. The molecule has 7 aromatic rings. The number of nitrogens with zero attached hydrogens (tertiary/aromatic N) is 1. The molecule has 0 saturated carbocycles. The topological polar surface area (TPSA) is 12.9 Å². The van der Waals surface area contributed by atoms with Gasteiger partial charge in [-0.25, -0.2) is 0 Å². The quantitative estimate of drug-likeness (QED) is 0.0933. The van der Waals surface area contributed by atoms with Crippen molar-refractivity contribution in [3.05, 3.63) is 162 Å². The Morgan fingerprint density at radius 1 is 0.538 bits per heavy atom. The minimum absolute atomic E-state index is 0. The van der Waals surface area contributed by atoms with Crippen LogP contribution in [0.4, 0.5) is 0 Å². The van der Waals surface area contributed by atoms with E-state index in [1.165, 1.54) is 99.7 Å². The first-order valence-electron chi connectivity index (χ1n) is 18.9. The summed E-state index contributed by atoms with van der Waals surface area (Å²) in [5.41, 5.74) is 16.9. The Hall–Kier alpha value is -4.62. The standard InChI is InChI=1S/C50H46N.Ir/c1-4-5-6-7-8-10-18-35-19-17-22-37(31-35)38-28-30-48-45(32-38)44(41-24-14-13-23-40(41)36-20-11-9-12-21-36)34-49(51-48)39-27-29-43-42-25-15-16-26-46(42)50(2,3)47(43)33-39;/h9,11-17,19-26,28-34H,4-8,10,18H2,1-3H3;/q-1;. The van der Waals surface area contributed by atoms with Gasteiger partial charge in [0.2, 0.25) is 0 Å². The monoisotopic (exact) mass is 853 g/mol. The fourth-order valence-corrected chi connectivity index (χ4v) is 8.16. The van der Waals surface area contributed by atoms with Gasteiger partial charge < -0.3 is 0 Å². The summed E-state index contributed by atoms with van der Waals surface area (Å²) in [6.07, 6.45) is 9.04. The van der Waals surface area contributed by atoms with E-state index in [1.54, 1.807) is 0 Å². The number of hydrogen-bond acceptors (Lipinski definition) is 1. The first-order valence-corrected chi connectivity index (χ1v) is 18.9. The zero-order valence-electron chi connectivity index (χ0n) is 30.5. The van der Waals surface area contributed by atoms with Crippen LogP contribution in [0.5, 0.6) is 0 Å². The fraction of sp³-hybridized carbons (Fsp3) is 0.220. The van der Waals surface area contributed by atoms with E-state index in [4.69, 9.17) is 4.98 Å². The van der Waals surface area contributed by atoms with E-state index in [2.05, 4.69) is 166 Å². The number of rotatable bonds is 11. The number of benzene rings is 6. The van der Waals surface area contributed by atoms with E-state index in [-0.39, 0.29) is 25.5 Å². The largest absolute Gasteiger partial charge is 0.296 e. The zero-order chi connectivity index (χ0) is 34.8. The molecule has 52 heavy (non-hydrogen) atoms. The molecule has 0 fully saturated rings. The molecule has 6 aromatic carbocycles. The van der Waals surface area contributed by atoms with E-state index in [0.717, 1.165) is 28.6 Å². The van der Waals surface area contributed by atoms with Crippen molar-refractivity contribution in [1.82, 2.24) is 4.98 Å². The molecule has 0 saturated heterocycles. The molecule has 0 aliphatic heterocycles. The van der Waals surface area contributed by atoms with Crippen molar-refractivity contribution in [3.8, 4) is 55.8 Å². The minimum Gasteiger partial charge on any atom is -0.296 e. The Morgan fingerprint density at radius 2 is 1.23 bits per heavy atom. The molecule has 8 rings (SSSR count). The predicted molar refractivity (Wildman–Crippen MR) is 217 cm³/mol. The van der Waals surface area contributed by atoms with Crippen molar-refractivity contribution in [3.63, 3.8) is 0 Å². The van der Waals surface area contributed by atoms with Crippen LogP contribution in [0.15, 0.2) is 140 Å². The molecule has 0 atom stereocenters. The average Bonchev–Trinajstić information content (AvgIpc) is 3.41. The molecule has 0 bridgehead atoms. The summed E-state index contributed by atoms with van der Waals surface area (Å²) in [6, 6.07) is 54.8. The van der Waals surface area contributed by atoms with Gasteiger partial charge in [-0.1, -0.05) is 179 Å². The molecular formula is C50H46IrN-. The van der Waals surface area contributed by atoms with Gasteiger partial charge in [-0.2, -0.15) is 0 Å². The molecule has 0 spiro atoms. The molecule has 1 aliphatic rings. The van der Waals surface area contributed by atoms with Crippen LogP contribution >= 0.6 is 0 Å². The Kier molecular flexibility index (Phi) is 10.7. The predicted octanol–water partition coefficient (Wildman–Crippen LogP) is 13.9. The van der Waals surface area contributed by atoms with Gasteiger partial charge in [-0.3, -0.25) is 4.98 Å². The van der Waals surface area contributed by atoms with Crippen molar-refractivity contribution in [1.29, 1.82) is 0 Å². The van der Waals surface area contributed by atoms with Crippen molar-refractivity contribution < 1.29 is 20.1 Å². The number of fused-ring (bicyclic) bond motifs is 4. The zero-order valence-corrected chi connectivity index (χ0v) is 32.9. The van der Waals surface area contributed by atoms with E-state index < -0.39 is 0 Å². The number of aryl methyl sites for hydroxylation is 1. The maximum absolute atomic E-state index is 5.35. The van der Waals surface area contributed by atoms with Crippen LogP contribution in [0.2, 0.25) is 0 Å². The molecule has 0 unspecified atom stereocenters. The summed E-state index contributed by atoms with van der Waals surface area (Å²) in [6.45, 7) is 6.95. The van der Waals surface area contributed by atoms with E-state index in [0.29, 0.717) is 0 Å². The molecule has 261 valence electrons. The second kappa shape index (κ2) is 15.5. The van der Waals surface area contributed by atoms with Gasteiger partial charge >= 0.3 is 0 Å². The van der Waals surface area contributed by atoms with Crippen molar-refractivity contribution in [2.24, 2.45) is 0 Å². The van der Waals surface area contributed by atoms with Crippen molar-refractivity contribution in [2.75, 3.05) is 0 Å². The summed E-state index contributed by atoms with van der Waals surface area (Å²) in [4.78, 5) is 5.35. The van der Waals surface area contributed by atoms with Crippen LogP contribution in [0.1, 0.15) is 76.0 Å². The van der Waals surface area contributed by atoms with Gasteiger partial charge in [-0.15, -0.1) is 29.3 Å². The van der Waals surface area contributed by atoms with Crippen LogP contribution in [-0.4, -0.2) is 4.98 Å². The molecule has 1 aromatic heterocycles. The van der Waals surface area contributed by atoms with Crippen LogP contribution in [0.3, 0.4) is 0 Å². The molecule has 1 nitrogen and oxygen atoms in total. The molecular weight excluding hydrogens is 807 g/mol. The van der Waals surface area contributed by atoms with Crippen LogP contribution in [0.25, 0.3) is 66.7 Å². The van der Waals surface area contributed by atoms with Crippen LogP contribution < -0.4 is 0 Å². The number of pyridine rings is 1. The summed E-state index contributed by atoms with van der Waals surface area (Å²) in [5.74, 6) is 0. The van der Waals surface area contributed by atoms with Gasteiger partial charge in [-0.05, 0) is 80.6 Å². The Labute approximate surface area is 323 Å². The molecule has 2 heteroatoms. The maximum Gasteiger partial charge on any atom is 0.0602 e. The van der Waals surface area contributed by atoms with Gasteiger partial charge in [0.1, 0.15) is 0 Å². The maximum atomic E-state index is 5.35. The molecule has 0 amide bonds. The van der Waals surface area contributed by atoms with Gasteiger partial charge in [0.15, 0.2) is 0 Å². The van der Waals surface area contributed by atoms with Crippen LogP contribution in [0, 0.1) is 6.07 Å². The number of hydrogen-bond donors (Lipinski definition) is 0. The Bertz CT molecular complexity index is 2330. The third-order valence-electron chi connectivity index (χ3n) is 11.0. The van der Waals surface area contributed by atoms with E-state index in [1.807, 2.05) is 0 Å². The fourth-order valence-electron chi connectivity index (χ4n) is 8.16. The Morgan fingerprint density at radius 3 is 2.06 bits per heavy atom. The molecule has 1 aliphatic carbocycles.